The van der Waals surface area contributed by atoms with Crippen molar-refractivity contribution in [3.05, 3.63) is 28.4 Å². The Morgan fingerprint density at radius 3 is 2.62 bits per heavy atom. The smallest absolute Gasteiger partial charge is 0.303 e. The maximum Gasteiger partial charge on any atom is 0.303 e. The molecule has 0 aliphatic heterocycles. The standard InChI is InChI=1S/C14H19N3O4/c18-11-8-15-10(7-16-11)13(21)17-9-14(6-12(19)20)4-2-1-3-5-14/h7-8H,1-6,9H2,(H,16,18)(H,17,21)(H,19,20). The van der Waals surface area contributed by atoms with Crippen LogP contribution in [0.3, 0.4) is 0 Å². The number of carboxylic acids is 1. The molecular weight excluding hydrogens is 274 g/mol. The van der Waals surface area contributed by atoms with Crippen molar-refractivity contribution in [3.63, 3.8) is 0 Å². The number of aromatic amines is 1. The Bertz CT molecular complexity index is 555. The van der Waals surface area contributed by atoms with Gasteiger partial charge in [-0.15, -0.1) is 0 Å². The van der Waals surface area contributed by atoms with Crippen LogP contribution in [0.1, 0.15) is 49.0 Å². The zero-order valence-electron chi connectivity index (χ0n) is 11.7. The van der Waals surface area contributed by atoms with E-state index in [4.69, 9.17) is 5.11 Å². The molecule has 1 amide bonds. The number of hydrogen-bond acceptors (Lipinski definition) is 4. The van der Waals surface area contributed by atoms with Gasteiger partial charge >= 0.3 is 5.97 Å². The van der Waals surface area contributed by atoms with Crippen LogP contribution in [0.5, 0.6) is 0 Å². The highest BCUT2D eigenvalue weighted by atomic mass is 16.4. The first kappa shape index (κ1) is 15.2. The Morgan fingerprint density at radius 1 is 1.33 bits per heavy atom. The predicted octanol–water partition coefficient (Wildman–Crippen LogP) is 0.925. The van der Waals surface area contributed by atoms with Crippen LogP contribution >= 0.6 is 0 Å². The van der Waals surface area contributed by atoms with E-state index < -0.39 is 11.9 Å². The van der Waals surface area contributed by atoms with E-state index in [1.165, 1.54) is 6.20 Å². The molecule has 0 aromatic carbocycles. The van der Waals surface area contributed by atoms with E-state index in [1.807, 2.05) is 0 Å². The summed E-state index contributed by atoms with van der Waals surface area (Å²) in [5.41, 5.74) is -0.626. The number of nitrogens with one attached hydrogen (secondary N) is 2. The van der Waals surface area contributed by atoms with Crippen molar-refractivity contribution in [3.8, 4) is 0 Å². The quantitative estimate of drug-likeness (QED) is 0.747. The molecule has 7 heteroatoms. The average molecular weight is 293 g/mol. The number of carbonyl (C=O) groups excluding carboxylic acids is 1. The van der Waals surface area contributed by atoms with Crippen molar-refractivity contribution in [2.45, 2.75) is 38.5 Å². The van der Waals surface area contributed by atoms with Gasteiger partial charge in [0, 0.05) is 12.7 Å². The predicted molar refractivity (Wildman–Crippen MR) is 75.0 cm³/mol. The number of carbonyl (C=O) groups is 2. The second kappa shape index (κ2) is 6.51. The van der Waals surface area contributed by atoms with Gasteiger partial charge in [-0.25, -0.2) is 4.98 Å². The summed E-state index contributed by atoms with van der Waals surface area (Å²) < 4.78 is 0. The fourth-order valence-corrected chi connectivity index (χ4v) is 2.86. The summed E-state index contributed by atoms with van der Waals surface area (Å²) in [5, 5.41) is 11.8. The first-order chi connectivity index (χ1) is 10.0. The van der Waals surface area contributed by atoms with E-state index in [0.717, 1.165) is 38.3 Å². The lowest BCUT2D eigenvalue weighted by Gasteiger charge is -2.36. The first-order valence-electron chi connectivity index (χ1n) is 7.06. The zero-order valence-corrected chi connectivity index (χ0v) is 11.7. The molecule has 0 spiro atoms. The SMILES string of the molecule is O=C(O)CC1(CNC(=O)c2c[nH]c(=O)cn2)CCCCC1. The molecule has 0 bridgehead atoms. The van der Waals surface area contributed by atoms with Crippen molar-refractivity contribution in [1.82, 2.24) is 15.3 Å². The van der Waals surface area contributed by atoms with E-state index in [2.05, 4.69) is 15.3 Å². The molecule has 1 heterocycles. The number of aromatic nitrogens is 2. The highest BCUT2D eigenvalue weighted by Gasteiger charge is 2.34. The van der Waals surface area contributed by atoms with Crippen LogP contribution in [0.25, 0.3) is 0 Å². The summed E-state index contributed by atoms with van der Waals surface area (Å²) in [7, 11) is 0. The van der Waals surface area contributed by atoms with Gasteiger partial charge < -0.3 is 15.4 Å². The minimum atomic E-state index is -0.840. The third kappa shape index (κ3) is 4.14. The Labute approximate surface area is 121 Å². The van der Waals surface area contributed by atoms with Gasteiger partial charge in [0.2, 0.25) is 0 Å². The average Bonchev–Trinajstić information content (AvgIpc) is 2.46. The third-order valence-corrected chi connectivity index (χ3v) is 3.97. The Morgan fingerprint density at radius 2 is 2.05 bits per heavy atom. The Hall–Kier alpha value is -2.18. The Kier molecular flexibility index (Phi) is 4.72. The van der Waals surface area contributed by atoms with Gasteiger partial charge in [0.15, 0.2) is 0 Å². The van der Waals surface area contributed by atoms with Crippen molar-refractivity contribution in [2.75, 3.05) is 6.54 Å². The maximum atomic E-state index is 12.0. The molecular formula is C14H19N3O4. The number of carboxylic acid groups (broad SMARTS) is 1. The molecule has 3 N–H and O–H groups in total. The maximum absolute atomic E-state index is 12.0. The van der Waals surface area contributed by atoms with E-state index in [1.54, 1.807) is 0 Å². The number of rotatable bonds is 5. The topological polar surface area (TPSA) is 112 Å². The molecule has 0 atom stereocenters. The number of H-pyrrole nitrogens is 1. The molecule has 1 saturated carbocycles. The highest BCUT2D eigenvalue weighted by molar-refractivity contribution is 5.91. The highest BCUT2D eigenvalue weighted by Crippen LogP contribution is 2.38. The van der Waals surface area contributed by atoms with Gasteiger partial charge in [0.25, 0.3) is 11.5 Å². The van der Waals surface area contributed by atoms with E-state index in [-0.39, 0.29) is 23.1 Å². The largest absolute Gasteiger partial charge is 0.481 e. The minimum Gasteiger partial charge on any atom is -0.481 e. The first-order valence-corrected chi connectivity index (χ1v) is 7.06. The molecule has 2 rings (SSSR count). The van der Waals surface area contributed by atoms with E-state index >= 15 is 0 Å². The second-order valence-electron chi connectivity index (χ2n) is 5.61. The number of aliphatic carboxylic acids is 1. The molecule has 0 unspecified atom stereocenters. The molecule has 7 nitrogen and oxygen atoms in total. The summed E-state index contributed by atoms with van der Waals surface area (Å²) in [5.74, 6) is -1.24. The normalized spacial score (nSPS) is 17.1. The van der Waals surface area contributed by atoms with Gasteiger partial charge in [-0.3, -0.25) is 14.4 Å². The fraction of sp³-hybridized carbons (Fsp3) is 0.571. The molecule has 1 aromatic heterocycles. The van der Waals surface area contributed by atoms with Gasteiger partial charge in [0.05, 0.1) is 12.6 Å². The molecule has 1 aliphatic rings. The second-order valence-corrected chi connectivity index (χ2v) is 5.61. The van der Waals surface area contributed by atoms with Crippen LogP contribution < -0.4 is 10.9 Å². The van der Waals surface area contributed by atoms with Crippen molar-refractivity contribution in [2.24, 2.45) is 5.41 Å². The van der Waals surface area contributed by atoms with Crippen molar-refractivity contribution in [1.29, 1.82) is 0 Å². The number of amides is 1. The molecule has 1 fully saturated rings. The van der Waals surface area contributed by atoms with Crippen molar-refractivity contribution >= 4 is 11.9 Å². The van der Waals surface area contributed by atoms with Crippen LogP contribution in [-0.2, 0) is 4.79 Å². The molecule has 0 saturated heterocycles. The molecule has 1 aliphatic carbocycles. The lowest BCUT2D eigenvalue weighted by Crippen LogP contribution is -2.40. The van der Waals surface area contributed by atoms with Crippen LogP contribution in [0.4, 0.5) is 0 Å². The summed E-state index contributed by atoms with van der Waals surface area (Å²) in [6.07, 6.45) is 7.05. The molecule has 1 aromatic rings. The van der Waals surface area contributed by atoms with Crippen molar-refractivity contribution < 1.29 is 14.7 Å². The van der Waals surface area contributed by atoms with E-state index in [9.17, 15) is 14.4 Å². The third-order valence-electron chi connectivity index (χ3n) is 3.97. The zero-order chi connectivity index (χ0) is 15.3. The number of nitrogens with zero attached hydrogens (tertiary/aromatic N) is 1. The van der Waals surface area contributed by atoms with Crippen LogP contribution in [0, 0.1) is 5.41 Å². The Balaban J connectivity index is 2.00. The summed E-state index contributed by atoms with van der Waals surface area (Å²) in [6, 6.07) is 0. The van der Waals surface area contributed by atoms with Gasteiger partial charge in [-0.1, -0.05) is 19.3 Å². The van der Waals surface area contributed by atoms with Gasteiger partial charge in [-0.05, 0) is 18.3 Å². The number of hydrogen-bond donors (Lipinski definition) is 3. The summed E-state index contributed by atoms with van der Waals surface area (Å²) in [4.78, 5) is 40.1. The van der Waals surface area contributed by atoms with Gasteiger partial charge in [0.1, 0.15) is 5.69 Å². The monoisotopic (exact) mass is 293 g/mol. The summed E-state index contributed by atoms with van der Waals surface area (Å²) in [6.45, 7) is 0.318. The van der Waals surface area contributed by atoms with Gasteiger partial charge in [-0.2, -0.15) is 0 Å². The minimum absolute atomic E-state index is 0.0618. The molecule has 114 valence electrons. The van der Waals surface area contributed by atoms with Crippen LogP contribution in [0.15, 0.2) is 17.2 Å². The summed E-state index contributed by atoms with van der Waals surface area (Å²) >= 11 is 0. The fourth-order valence-electron chi connectivity index (χ4n) is 2.86. The van der Waals surface area contributed by atoms with Crippen LogP contribution in [0.2, 0.25) is 0 Å². The van der Waals surface area contributed by atoms with Crippen LogP contribution in [-0.4, -0.2) is 33.5 Å². The molecule has 21 heavy (non-hydrogen) atoms. The lowest BCUT2D eigenvalue weighted by atomic mass is 9.71. The van der Waals surface area contributed by atoms with E-state index in [0.29, 0.717) is 6.54 Å². The molecule has 0 radical (unpaired) electrons. The lowest BCUT2D eigenvalue weighted by molar-refractivity contribution is -0.140.